The third kappa shape index (κ3) is 2.10. The lowest BCUT2D eigenvalue weighted by Crippen LogP contribution is -2.67. The summed E-state index contributed by atoms with van der Waals surface area (Å²) in [5.41, 5.74) is 6.77. The van der Waals surface area contributed by atoms with Crippen LogP contribution in [0.5, 0.6) is 0 Å². The summed E-state index contributed by atoms with van der Waals surface area (Å²) in [6, 6.07) is 1.24. The zero-order chi connectivity index (χ0) is 12.9. The summed E-state index contributed by atoms with van der Waals surface area (Å²) < 4.78 is 0. The third-order valence-corrected chi connectivity index (χ3v) is 5.63. The zero-order valence-electron chi connectivity index (χ0n) is 11.7. The molecule has 2 saturated carbocycles. The highest BCUT2D eigenvalue weighted by Gasteiger charge is 2.50. The van der Waals surface area contributed by atoms with Gasteiger partial charge in [-0.15, -0.1) is 0 Å². The number of aliphatic hydroxyl groups is 1. The second kappa shape index (κ2) is 4.46. The molecule has 1 saturated heterocycles. The van der Waals surface area contributed by atoms with Crippen molar-refractivity contribution >= 4 is 0 Å². The van der Waals surface area contributed by atoms with Crippen LogP contribution in [-0.2, 0) is 0 Å². The molecule has 3 heteroatoms. The molecule has 3 nitrogen and oxygen atoms in total. The first-order chi connectivity index (χ1) is 8.48. The van der Waals surface area contributed by atoms with Gasteiger partial charge in [0.05, 0.1) is 6.10 Å². The van der Waals surface area contributed by atoms with Crippen LogP contribution in [0.2, 0.25) is 0 Å². The van der Waals surface area contributed by atoms with Gasteiger partial charge in [0.25, 0.3) is 0 Å². The normalized spacial score (nSPS) is 51.3. The third-order valence-electron chi connectivity index (χ3n) is 5.63. The Morgan fingerprint density at radius 3 is 2.61 bits per heavy atom. The lowest BCUT2D eigenvalue weighted by molar-refractivity contribution is -0.0577. The van der Waals surface area contributed by atoms with Crippen molar-refractivity contribution in [3.8, 4) is 0 Å². The number of hydrogen-bond donors (Lipinski definition) is 3. The fourth-order valence-corrected chi connectivity index (χ4v) is 4.87. The highest BCUT2D eigenvalue weighted by molar-refractivity contribution is 5.07. The monoisotopic (exact) mass is 252 g/mol. The van der Waals surface area contributed by atoms with E-state index in [1.54, 1.807) is 0 Å². The second-order valence-corrected chi connectivity index (χ2v) is 7.62. The second-order valence-electron chi connectivity index (χ2n) is 7.62. The zero-order valence-corrected chi connectivity index (χ0v) is 11.7. The predicted octanol–water partition coefficient (Wildman–Crippen LogP) is 1.64. The first-order valence-corrected chi connectivity index (χ1v) is 7.68. The van der Waals surface area contributed by atoms with Crippen LogP contribution in [0, 0.1) is 17.3 Å². The fraction of sp³-hybridized carbons (Fsp3) is 1.00. The SMILES string of the molecule is CC1(C)CC(O)C2C(C1)NC1CCCCC1C2N. The van der Waals surface area contributed by atoms with E-state index in [-0.39, 0.29) is 23.5 Å². The Morgan fingerprint density at radius 2 is 1.83 bits per heavy atom. The minimum absolute atomic E-state index is 0.202. The molecule has 3 fully saturated rings. The van der Waals surface area contributed by atoms with Gasteiger partial charge in [-0.2, -0.15) is 0 Å². The van der Waals surface area contributed by atoms with Crippen molar-refractivity contribution in [2.45, 2.75) is 76.6 Å². The van der Waals surface area contributed by atoms with Crippen molar-refractivity contribution in [3.63, 3.8) is 0 Å². The lowest BCUT2D eigenvalue weighted by Gasteiger charge is -2.55. The van der Waals surface area contributed by atoms with E-state index < -0.39 is 0 Å². The molecule has 1 heterocycles. The fourth-order valence-electron chi connectivity index (χ4n) is 4.87. The molecule has 6 unspecified atom stereocenters. The molecule has 0 spiro atoms. The molecule has 2 aliphatic carbocycles. The maximum absolute atomic E-state index is 10.5. The van der Waals surface area contributed by atoms with Crippen LogP contribution in [0.15, 0.2) is 0 Å². The quantitative estimate of drug-likeness (QED) is 0.614. The maximum atomic E-state index is 10.5. The molecule has 6 atom stereocenters. The van der Waals surface area contributed by atoms with Crippen LogP contribution < -0.4 is 11.1 Å². The molecular formula is C15H28N2O. The molecule has 0 aromatic rings. The number of nitrogens with one attached hydrogen (secondary N) is 1. The molecule has 0 bridgehead atoms. The molecule has 104 valence electrons. The van der Waals surface area contributed by atoms with Crippen molar-refractivity contribution in [3.05, 3.63) is 0 Å². The Hall–Kier alpha value is -0.120. The van der Waals surface area contributed by atoms with Crippen LogP contribution in [0.25, 0.3) is 0 Å². The van der Waals surface area contributed by atoms with Crippen LogP contribution in [0.1, 0.15) is 52.4 Å². The van der Waals surface area contributed by atoms with Crippen LogP contribution in [-0.4, -0.2) is 29.3 Å². The molecule has 0 aromatic heterocycles. The van der Waals surface area contributed by atoms with E-state index in [1.165, 1.54) is 25.7 Å². The number of piperidine rings is 1. The first-order valence-electron chi connectivity index (χ1n) is 7.68. The summed E-state index contributed by atoms with van der Waals surface area (Å²) in [6.45, 7) is 4.54. The summed E-state index contributed by atoms with van der Waals surface area (Å²) in [7, 11) is 0. The van der Waals surface area contributed by atoms with Crippen LogP contribution in [0.3, 0.4) is 0 Å². The largest absolute Gasteiger partial charge is 0.393 e. The van der Waals surface area contributed by atoms with Crippen LogP contribution >= 0.6 is 0 Å². The Balaban J connectivity index is 1.81. The Kier molecular flexibility index (Phi) is 3.20. The Morgan fingerprint density at radius 1 is 1.11 bits per heavy atom. The van der Waals surface area contributed by atoms with Gasteiger partial charge in [-0.3, -0.25) is 0 Å². The van der Waals surface area contributed by atoms with Crippen molar-refractivity contribution in [1.82, 2.24) is 5.32 Å². The Bertz CT molecular complexity index is 318. The minimum Gasteiger partial charge on any atom is -0.393 e. The molecule has 1 aliphatic heterocycles. The summed E-state index contributed by atoms with van der Waals surface area (Å²) >= 11 is 0. The van der Waals surface area contributed by atoms with Gasteiger partial charge in [0.2, 0.25) is 0 Å². The van der Waals surface area contributed by atoms with Gasteiger partial charge in [-0.25, -0.2) is 0 Å². The van der Waals surface area contributed by atoms with E-state index in [0.717, 1.165) is 12.8 Å². The number of aliphatic hydroxyl groups excluding tert-OH is 1. The number of fused-ring (bicyclic) bond motifs is 2. The van der Waals surface area contributed by atoms with Gasteiger partial charge < -0.3 is 16.2 Å². The van der Waals surface area contributed by atoms with E-state index in [2.05, 4.69) is 19.2 Å². The number of nitrogens with two attached hydrogens (primary N) is 1. The smallest absolute Gasteiger partial charge is 0.0603 e. The van der Waals surface area contributed by atoms with Crippen molar-refractivity contribution in [2.75, 3.05) is 0 Å². The average molecular weight is 252 g/mol. The molecule has 0 amide bonds. The number of hydrogen-bond acceptors (Lipinski definition) is 3. The minimum atomic E-state index is -0.218. The topological polar surface area (TPSA) is 58.3 Å². The summed E-state index contributed by atoms with van der Waals surface area (Å²) in [6.07, 6.45) is 7.02. The summed E-state index contributed by atoms with van der Waals surface area (Å²) in [4.78, 5) is 0. The van der Waals surface area contributed by atoms with Gasteiger partial charge in [0.15, 0.2) is 0 Å². The molecular weight excluding hydrogens is 224 g/mol. The van der Waals surface area contributed by atoms with Gasteiger partial charge in [0.1, 0.15) is 0 Å². The summed E-state index contributed by atoms with van der Waals surface area (Å²) in [5.74, 6) is 0.869. The standard InChI is InChI=1S/C15H28N2O/c1-15(2)7-11-13(12(18)8-15)14(16)9-5-3-4-6-10(9)17-11/h9-14,17-18H,3-8,16H2,1-2H3. The van der Waals surface area contributed by atoms with Crippen molar-refractivity contribution < 1.29 is 5.11 Å². The Labute approximate surface area is 111 Å². The molecule has 4 N–H and O–H groups in total. The van der Waals surface area contributed by atoms with E-state index in [9.17, 15) is 5.11 Å². The van der Waals surface area contributed by atoms with Crippen LogP contribution in [0.4, 0.5) is 0 Å². The van der Waals surface area contributed by atoms with E-state index in [0.29, 0.717) is 18.0 Å². The van der Waals surface area contributed by atoms with Crippen molar-refractivity contribution in [1.29, 1.82) is 0 Å². The van der Waals surface area contributed by atoms with E-state index >= 15 is 0 Å². The van der Waals surface area contributed by atoms with Gasteiger partial charge in [0, 0.05) is 24.0 Å². The van der Waals surface area contributed by atoms with Gasteiger partial charge >= 0.3 is 0 Å². The van der Waals surface area contributed by atoms with E-state index in [1.807, 2.05) is 0 Å². The predicted molar refractivity (Wildman–Crippen MR) is 73.2 cm³/mol. The highest BCUT2D eigenvalue weighted by Crippen LogP contribution is 2.45. The van der Waals surface area contributed by atoms with Crippen molar-refractivity contribution in [2.24, 2.45) is 23.0 Å². The van der Waals surface area contributed by atoms with Gasteiger partial charge in [-0.05, 0) is 37.0 Å². The molecule has 3 aliphatic rings. The molecule has 0 aromatic carbocycles. The maximum Gasteiger partial charge on any atom is 0.0603 e. The first kappa shape index (κ1) is 12.9. The number of rotatable bonds is 0. The average Bonchev–Trinajstić information content (AvgIpc) is 2.26. The summed E-state index contributed by atoms with van der Waals surface area (Å²) in [5, 5.41) is 14.3. The molecule has 0 radical (unpaired) electrons. The lowest BCUT2D eigenvalue weighted by atomic mass is 9.60. The molecule has 3 rings (SSSR count). The van der Waals surface area contributed by atoms with Gasteiger partial charge in [-0.1, -0.05) is 26.7 Å². The molecule has 18 heavy (non-hydrogen) atoms. The van der Waals surface area contributed by atoms with E-state index in [4.69, 9.17) is 5.73 Å². The highest BCUT2D eigenvalue weighted by atomic mass is 16.3.